The molecule has 1 N–H and O–H groups in total. The van der Waals surface area contributed by atoms with E-state index in [0.717, 1.165) is 4.90 Å². The Bertz CT molecular complexity index is 515. The fourth-order valence-corrected chi connectivity index (χ4v) is 1.74. The molecule has 1 aromatic heterocycles. The number of carbonyl (C=O) groups excluding carboxylic acids is 2. The SMILES string of the molecule is [CH2]C(=O)c1ccnc(N(C(C)=O)C(C)(C)CO)c1F. The Balaban J connectivity index is 3.45. The van der Waals surface area contributed by atoms with Crippen molar-refractivity contribution in [2.75, 3.05) is 11.5 Å². The van der Waals surface area contributed by atoms with E-state index in [1.807, 2.05) is 0 Å². The summed E-state index contributed by atoms with van der Waals surface area (Å²) in [6.45, 7) is 7.12. The Morgan fingerprint density at radius 1 is 1.53 bits per heavy atom. The predicted molar refractivity (Wildman–Crippen MR) is 68.2 cm³/mol. The van der Waals surface area contributed by atoms with Crippen LogP contribution < -0.4 is 4.90 Å². The van der Waals surface area contributed by atoms with Gasteiger partial charge in [-0.1, -0.05) is 0 Å². The molecule has 1 amide bonds. The highest BCUT2D eigenvalue weighted by molar-refractivity contribution is 6.01. The lowest BCUT2D eigenvalue weighted by Crippen LogP contribution is -2.50. The monoisotopic (exact) mass is 267 g/mol. The molecule has 0 saturated heterocycles. The normalized spacial score (nSPS) is 11.3. The van der Waals surface area contributed by atoms with E-state index in [2.05, 4.69) is 11.9 Å². The summed E-state index contributed by atoms with van der Waals surface area (Å²) in [4.78, 5) is 27.7. The number of ketones is 1. The van der Waals surface area contributed by atoms with Gasteiger partial charge in [0, 0.05) is 20.0 Å². The number of nitrogens with zero attached hydrogens (tertiary/aromatic N) is 2. The van der Waals surface area contributed by atoms with Gasteiger partial charge < -0.3 is 5.11 Å². The second-order valence-corrected chi connectivity index (χ2v) is 4.74. The Morgan fingerprint density at radius 2 is 2.11 bits per heavy atom. The van der Waals surface area contributed by atoms with Gasteiger partial charge in [-0.15, -0.1) is 0 Å². The number of aliphatic hydroxyl groups excluding tert-OH is 1. The summed E-state index contributed by atoms with van der Waals surface area (Å²) in [5.74, 6) is -2.40. The number of Topliss-reactive ketones (excluding diaryl/α,β-unsaturated/α-hetero) is 1. The van der Waals surface area contributed by atoms with E-state index in [4.69, 9.17) is 0 Å². The first-order valence-corrected chi connectivity index (χ1v) is 5.65. The third-order valence-corrected chi connectivity index (χ3v) is 2.69. The lowest BCUT2D eigenvalue weighted by atomic mass is 10.0. The van der Waals surface area contributed by atoms with Crippen LogP contribution in [0.2, 0.25) is 0 Å². The molecule has 0 aliphatic carbocycles. The topological polar surface area (TPSA) is 70.5 Å². The molecule has 1 radical (unpaired) electrons. The van der Waals surface area contributed by atoms with Crippen LogP contribution in [0.15, 0.2) is 12.3 Å². The molecular formula is C13H16FN2O3. The summed E-state index contributed by atoms with van der Waals surface area (Å²) in [5, 5.41) is 9.32. The van der Waals surface area contributed by atoms with Gasteiger partial charge in [-0.2, -0.15) is 0 Å². The van der Waals surface area contributed by atoms with Crippen LogP contribution >= 0.6 is 0 Å². The van der Waals surface area contributed by atoms with Gasteiger partial charge in [-0.3, -0.25) is 14.5 Å². The van der Waals surface area contributed by atoms with Gasteiger partial charge in [-0.05, 0) is 19.9 Å². The van der Waals surface area contributed by atoms with E-state index < -0.39 is 23.0 Å². The van der Waals surface area contributed by atoms with Crippen LogP contribution in [-0.4, -0.2) is 33.9 Å². The molecule has 1 heterocycles. The van der Waals surface area contributed by atoms with Crippen molar-refractivity contribution in [3.8, 4) is 0 Å². The number of aromatic nitrogens is 1. The van der Waals surface area contributed by atoms with Gasteiger partial charge in [0.05, 0.1) is 17.7 Å². The molecule has 19 heavy (non-hydrogen) atoms. The van der Waals surface area contributed by atoms with E-state index in [0.29, 0.717) is 0 Å². The van der Waals surface area contributed by atoms with Gasteiger partial charge in [-0.25, -0.2) is 9.37 Å². The van der Waals surface area contributed by atoms with E-state index >= 15 is 0 Å². The summed E-state index contributed by atoms with van der Waals surface area (Å²) in [5.41, 5.74) is -1.28. The smallest absolute Gasteiger partial charge is 0.225 e. The van der Waals surface area contributed by atoms with Crippen molar-refractivity contribution in [3.05, 3.63) is 30.6 Å². The number of rotatable bonds is 4. The number of aliphatic hydroxyl groups is 1. The minimum atomic E-state index is -1.04. The van der Waals surface area contributed by atoms with Gasteiger partial charge in [0.2, 0.25) is 5.91 Å². The summed E-state index contributed by atoms with van der Waals surface area (Å²) in [7, 11) is 0. The van der Waals surface area contributed by atoms with Gasteiger partial charge >= 0.3 is 0 Å². The lowest BCUT2D eigenvalue weighted by molar-refractivity contribution is -0.118. The highest BCUT2D eigenvalue weighted by Crippen LogP contribution is 2.26. The first-order chi connectivity index (χ1) is 8.72. The molecule has 0 fully saturated rings. The quantitative estimate of drug-likeness (QED) is 0.836. The number of halogens is 1. The molecule has 5 nitrogen and oxygen atoms in total. The fourth-order valence-electron chi connectivity index (χ4n) is 1.74. The number of carbonyl (C=O) groups is 2. The maximum atomic E-state index is 14.2. The highest BCUT2D eigenvalue weighted by Gasteiger charge is 2.33. The minimum Gasteiger partial charge on any atom is -0.394 e. The first-order valence-electron chi connectivity index (χ1n) is 5.65. The lowest BCUT2D eigenvalue weighted by Gasteiger charge is -2.35. The molecule has 0 saturated carbocycles. The largest absolute Gasteiger partial charge is 0.394 e. The van der Waals surface area contributed by atoms with Crippen LogP contribution in [0.4, 0.5) is 10.2 Å². The maximum absolute atomic E-state index is 14.2. The van der Waals surface area contributed by atoms with Gasteiger partial charge in [0.15, 0.2) is 17.4 Å². The number of hydrogen-bond acceptors (Lipinski definition) is 4. The van der Waals surface area contributed by atoms with Crippen molar-refractivity contribution < 1.29 is 19.1 Å². The molecule has 1 rings (SSSR count). The second-order valence-electron chi connectivity index (χ2n) is 4.74. The molecule has 6 heteroatoms. The Hall–Kier alpha value is -1.82. The molecular weight excluding hydrogens is 251 g/mol. The van der Waals surface area contributed by atoms with Crippen molar-refractivity contribution in [2.24, 2.45) is 0 Å². The van der Waals surface area contributed by atoms with Crippen molar-refractivity contribution in [3.63, 3.8) is 0 Å². The first kappa shape index (κ1) is 15.2. The van der Waals surface area contributed by atoms with Crippen LogP contribution in [0.5, 0.6) is 0 Å². The van der Waals surface area contributed by atoms with Gasteiger partial charge in [0.25, 0.3) is 0 Å². The molecule has 0 atom stereocenters. The average Bonchev–Trinajstić information content (AvgIpc) is 2.30. The van der Waals surface area contributed by atoms with Crippen LogP contribution in [0.25, 0.3) is 0 Å². The second kappa shape index (κ2) is 5.44. The van der Waals surface area contributed by atoms with Crippen LogP contribution in [0.3, 0.4) is 0 Å². The van der Waals surface area contributed by atoms with Crippen molar-refractivity contribution in [1.29, 1.82) is 0 Å². The summed E-state index contributed by atoms with van der Waals surface area (Å²) < 4.78 is 14.2. The molecule has 0 unspecified atom stereocenters. The predicted octanol–water partition coefficient (Wildman–Crippen LogP) is 1.36. The van der Waals surface area contributed by atoms with E-state index in [1.54, 1.807) is 13.8 Å². The molecule has 1 aromatic rings. The zero-order valence-electron chi connectivity index (χ0n) is 11.1. The Kier molecular flexibility index (Phi) is 4.36. The van der Waals surface area contributed by atoms with Crippen LogP contribution in [0.1, 0.15) is 31.1 Å². The number of anilines is 1. The van der Waals surface area contributed by atoms with Crippen molar-refractivity contribution >= 4 is 17.5 Å². The Labute approximate surface area is 111 Å². The molecule has 0 bridgehead atoms. The zero-order valence-corrected chi connectivity index (χ0v) is 11.1. The summed E-state index contributed by atoms with van der Waals surface area (Å²) >= 11 is 0. The third kappa shape index (κ3) is 2.96. The fraction of sp³-hybridized carbons (Fsp3) is 0.385. The van der Waals surface area contributed by atoms with E-state index in [9.17, 15) is 19.1 Å². The number of hydrogen-bond donors (Lipinski definition) is 1. The van der Waals surface area contributed by atoms with Crippen LogP contribution in [0, 0.1) is 12.7 Å². The van der Waals surface area contributed by atoms with Crippen molar-refractivity contribution in [2.45, 2.75) is 26.3 Å². The standard InChI is InChI=1S/C13H16FN2O3/c1-8(18)10-5-6-15-12(11(10)14)16(9(2)19)13(3,4)7-17/h5-6,17H,1,7H2,2-4H3. The highest BCUT2D eigenvalue weighted by atomic mass is 19.1. The minimum absolute atomic E-state index is 0.245. The molecule has 0 aromatic carbocycles. The van der Waals surface area contributed by atoms with Crippen molar-refractivity contribution in [1.82, 2.24) is 4.98 Å². The van der Waals surface area contributed by atoms with E-state index in [1.165, 1.54) is 19.2 Å². The molecule has 0 aliphatic rings. The maximum Gasteiger partial charge on any atom is 0.225 e. The third-order valence-electron chi connectivity index (χ3n) is 2.69. The van der Waals surface area contributed by atoms with Gasteiger partial charge in [0.1, 0.15) is 0 Å². The average molecular weight is 267 g/mol. The van der Waals surface area contributed by atoms with E-state index in [-0.39, 0.29) is 18.0 Å². The summed E-state index contributed by atoms with van der Waals surface area (Å²) in [6.07, 6.45) is 1.22. The molecule has 0 spiro atoms. The zero-order chi connectivity index (χ0) is 14.8. The van der Waals surface area contributed by atoms with Crippen LogP contribution in [-0.2, 0) is 4.79 Å². The number of amides is 1. The number of pyridine rings is 1. The molecule has 103 valence electrons. The molecule has 0 aliphatic heterocycles. The Morgan fingerprint density at radius 3 is 2.53 bits per heavy atom. The summed E-state index contributed by atoms with van der Waals surface area (Å²) in [6, 6.07) is 1.19.